The summed E-state index contributed by atoms with van der Waals surface area (Å²) in [7, 11) is 3.51. The van der Waals surface area contributed by atoms with Crippen LogP contribution >= 0.6 is 11.8 Å². The number of rotatable bonds is 7. The van der Waals surface area contributed by atoms with Crippen LogP contribution in [0, 0.1) is 0 Å². The summed E-state index contributed by atoms with van der Waals surface area (Å²) in [6, 6.07) is 15.1. The molecule has 2 aromatic carbocycles. The van der Waals surface area contributed by atoms with Gasteiger partial charge in [-0.1, -0.05) is 23.9 Å². The first-order chi connectivity index (χ1) is 14.6. The number of nitrogens with one attached hydrogen (secondary N) is 1. The Labute approximate surface area is 178 Å². The molecule has 0 bridgehead atoms. The first-order valence-electron chi connectivity index (χ1n) is 9.46. The van der Waals surface area contributed by atoms with E-state index in [1.165, 1.54) is 11.8 Å². The van der Waals surface area contributed by atoms with Crippen LogP contribution < -0.4 is 19.5 Å². The van der Waals surface area contributed by atoms with Gasteiger partial charge in [-0.05, 0) is 36.4 Å². The molecular formula is C21H22N4O4S. The lowest BCUT2D eigenvalue weighted by molar-refractivity contribution is -0.119. The molecule has 30 heavy (non-hydrogen) atoms. The molecule has 0 saturated carbocycles. The van der Waals surface area contributed by atoms with Crippen LogP contribution in [0.4, 0.5) is 0 Å². The fourth-order valence-corrected chi connectivity index (χ4v) is 3.75. The van der Waals surface area contributed by atoms with Gasteiger partial charge in [-0.3, -0.25) is 4.79 Å². The lowest BCUT2D eigenvalue weighted by Gasteiger charge is -2.26. The Morgan fingerprint density at radius 2 is 1.97 bits per heavy atom. The molecule has 1 aliphatic heterocycles. The van der Waals surface area contributed by atoms with E-state index in [0.717, 1.165) is 22.9 Å². The fourth-order valence-electron chi connectivity index (χ4n) is 3.00. The van der Waals surface area contributed by atoms with Crippen molar-refractivity contribution in [3.8, 4) is 28.6 Å². The maximum Gasteiger partial charge on any atom is 0.230 e. The van der Waals surface area contributed by atoms with E-state index >= 15 is 0 Å². The zero-order chi connectivity index (χ0) is 20.9. The van der Waals surface area contributed by atoms with Crippen LogP contribution in [-0.4, -0.2) is 52.8 Å². The minimum absolute atomic E-state index is 0.101. The number of hydrogen-bond donors (Lipinski definition) is 1. The van der Waals surface area contributed by atoms with E-state index in [9.17, 15) is 4.79 Å². The monoisotopic (exact) mass is 426 g/mol. The smallest absolute Gasteiger partial charge is 0.230 e. The largest absolute Gasteiger partial charge is 0.497 e. The molecule has 0 saturated heterocycles. The molecule has 9 heteroatoms. The maximum absolute atomic E-state index is 12.3. The Morgan fingerprint density at radius 3 is 2.73 bits per heavy atom. The van der Waals surface area contributed by atoms with E-state index in [0.29, 0.717) is 24.1 Å². The number of fused-ring (bicyclic) bond motifs is 1. The number of methoxy groups -OCH3 is 1. The molecule has 8 nitrogen and oxygen atoms in total. The number of thioether (sulfide) groups is 1. The molecule has 4 rings (SSSR count). The molecule has 1 N–H and O–H groups in total. The molecule has 2 heterocycles. The average molecular weight is 426 g/mol. The Hall–Kier alpha value is -3.20. The van der Waals surface area contributed by atoms with Gasteiger partial charge < -0.3 is 24.1 Å². The number of ether oxygens (including phenoxy) is 3. The van der Waals surface area contributed by atoms with Crippen molar-refractivity contribution in [1.29, 1.82) is 0 Å². The molecule has 0 spiro atoms. The van der Waals surface area contributed by atoms with Gasteiger partial charge in [-0.25, -0.2) is 0 Å². The molecule has 156 valence electrons. The summed E-state index contributed by atoms with van der Waals surface area (Å²) in [5.74, 6) is 3.07. The van der Waals surface area contributed by atoms with Crippen molar-refractivity contribution in [3.05, 3.63) is 48.5 Å². The highest BCUT2D eigenvalue weighted by molar-refractivity contribution is 7.99. The third kappa shape index (κ3) is 4.51. The van der Waals surface area contributed by atoms with Gasteiger partial charge in [0.25, 0.3) is 0 Å². The lowest BCUT2D eigenvalue weighted by atomic mass is 10.2. The highest BCUT2D eigenvalue weighted by Crippen LogP contribution is 2.30. The minimum Gasteiger partial charge on any atom is -0.497 e. The topological polar surface area (TPSA) is 87.5 Å². The minimum atomic E-state index is -0.217. The summed E-state index contributed by atoms with van der Waals surface area (Å²) < 4.78 is 18.6. The van der Waals surface area contributed by atoms with E-state index in [2.05, 4.69) is 15.5 Å². The molecule has 1 aromatic heterocycles. The maximum atomic E-state index is 12.3. The van der Waals surface area contributed by atoms with Crippen molar-refractivity contribution in [2.45, 2.75) is 11.3 Å². The number of carbonyl (C=O) groups is 1. The molecule has 3 aromatic rings. The summed E-state index contributed by atoms with van der Waals surface area (Å²) in [6.45, 7) is 0.780. The molecule has 1 unspecified atom stereocenters. The molecular weight excluding hydrogens is 404 g/mol. The van der Waals surface area contributed by atoms with Crippen molar-refractivity contribution >= 4 is 17.7 Å². The molecule has 0 aliphatic carbocycles. The summed E-state index contributed by atoms with van der Waals surface area (Å²) in [6.07, 6.45) is -0.217. The van der Waals surface area contributed by atoms with Gasteiger partial charge in [0, 0.05) is 12.6 Å². The van der Waals surface area contributed by atoms with Crippen LogP contribution in [0.2, 0.25) is 0 Å². The van der Waals surface area contributed by atoms with Crippen molar-refractivity contribution < 1.29 is 19.0 Å². The lowest BCUT2D eigenvalue weighted by Crippen LogP contribution is -2.41. The van der Waals surface area contributed by atoms with Crippen molar-refractivity contribution in [1.82, 2.24) is 20.1 Å². The second-order valence-corrected chi connectivity index (χ2v) is 7.63. The van der Waals surface area contributed by atoms with Crippen LogP contribution in [-0.2, 0) is 11.8 Å². The molecule has 1 amide bonds. The van der Waals surface area contributed by atoms with Gasteiger partial charge in [0.05, 0.1) is 19.4 Å². The zero-order valence-corrected chi connectivity index (χ0v) is 17.5. The van der Waals surface area contributed by atoms with Crippen LogP contribution in [0.1, 0.15) is 0 Å². The number of hydrogen-bond acceptors (Lipinski definition) is 7. The molecule has 1 aliphatic rings. The second kappa shape index (κ2) is 9.08. The number of benzene rings is 2. The predicted octanol–water partition coefficient (Wildman–Crippen LogP) is 2.54. The van der Waals surface area contributed by atoms with Crippen molar-refractivity contribution in [3.63, 3.8) is 0 Å². The number of para-hydroxylation sites is 2. The van der Waals surface area contributed by atoms with Gasteiger partial charge >= 0.3 is 0 Å². The Morgan fingerprint density at radius 1 is 1.20 bits per heavy atom. The van der Waals surface area contributed by atoms with Gasteiger partial charge in [0.2, 0.25) is 5.91 Å². The van der Waals surface area contributed by atoms with E-state index in [-0.39, 0.29) is 17.8 Å². The van der Waals surface area contributed by atoms with Gasteiger partial charge in [-0.2, -0.15) is 0 Å². The quantitative estimate of drug-likeness (QED) is 0.581. The van der Waals surface area contributed by atoms with E-state index in [1.807, 2.05) is 60.1 Å². The molecule has 1 atom stereocenters. The second-order valence-electron chi connectivity index (χ2n) is 6.68. The first-order valence-corrected chi connectivity index (χ1v) is 10.4. The Balaban J connectivity index is 1.28. The van der Waals surface area contributed by atoms with Crippen LogP contribution in [0.5, 0.6) is 17.2 Å². The molecule has 0 fully saturated rings. The zero-order valence-electron chi connectivity index (χ0n) is 16.7. The van der Waals surface area contributed by atoms with E-state index < -0.39 is 0 Å². The van der Waals surface area contributed by atoms with Crippen LogP contribution in [0.15, 0.2) is 53.7 Å². The third-order valence-electron chi connectivity index (χ3n) is 4.61. The summed E-state index contributed by atoms with van der Waals surface area (Å²) in [5, 5.41) is 12.0. The van der Waals surface area contributed by atoms with Crippen molar-refractivity contribution in [2.75, 3.05) is 26.0 Å². The standard InChI is InChI=1S/C21H22N4O4S/c1-25-20(14-7-9-15(27-2)10-8-14)23-24-21(25)30-13-19(26)22-11-16-12-28-17-5-3-4-6-18(17)29-16/h3-10,16H,11-13H2,1-2H3,(H,22,26). The Bertz CT molecular complexity index is 1020. The van der Waals surface area contributed by atoms with Crippen LogP contribution in [0.25, 0.3) is 11.4 Å². The van der Waals surface area contributed by atoms with Crippen molar-refractivity contribution in [2.24, 2.45) is 7.05 Å². The van der Waals surface area contributed by atoms with Crippen LogP contribution in [0.3, 0.4) is 0 Å². The number of aromatic nitrogens is 3. The summed E-state index contributed by atoms with van der Waals surface area (Å²) in [4.78, 5) is 12.3. The first kappa shape index (κ1) is 20.1. The fraction of sp³-hybridized carbons (Fsp3) is 0.286. The number of amides is 1. The van der Waals surface area contributed by atoms with E-state index in [1.54, 1.807) is 7.11 Å². The third-order valence-corrected chi connectivity index (χ3v) is 5.63. The number of carbonyl (C=O) groups excluding carboxylic acids is 1. The van der Waals surface area contributed by atoms with Gasteiger partial charge in [0.15, 0.2) is 22.5 Å². The summed E-state index contributed by atoms with van der Waals surface area (Å²) >= 11 is 1.33. The van der Waals surface area contributed by atoms with Gasteiger partial charge in [0.1, 0.15) is 18.5 Å². The summed E-state index contributed by atoms with van der Waals surface area (Å²) in [5.41, 5.74) is 0.928. The average Bonchev–Trinajstić information content (AvgIpc) is 3.16. The normalized spacial score (nSPS) is 14.9. The van der Waals surface area contributed by atoms with E-state index in [4.69, 9.17) is 14.2 Å². The number of nitrogens with zero attached hydrogens (tertiary/aromatic N) is 3. The predicted molar refractivity (Wildman–Crippen MR) is 113 cm³/mol. The Kier molecular flexibility index (Phi) is 6.08. The highest BCUT2D eigenvalue weighted by atomic mass is 32.2. The highest BCUT2D eigenvalue weighted by Gasteiger charge is 2.21. The van der Waals surface area contributed by atoms with Gasteiger partial charge in [-0.15, -0.1) is 10.2 Å². The molecule has 0 radical (unpaired) electrons. The SMILES string of the molecule is COc1ccc(-c2nnc(SCC(=O)NCC3COc4ccccc4O3)n2C)cc1.